The fraction of sp³-hybridized carbons (Fsp3) is 0.700. The molecule has 1 heterocycles. The van der Waals surface area contributed by atoms with Crippen molar-refractivity contribution in [2.75, 3.05) is 0 Å². The van der Waals surface area contributed by atoms with Gasteiger partial charge in [-0.1, -0.05) is 17.7 Å². The highest BCUT2D eigenvalue weighted by molar-refractivity contribution is 7.89. The third kappa shape index (κ3) is 3.05. The predicted octanol–water partition coefficient (Wildman–Crippen LogP) is 1.06. The molecule has 0 unspecified atom stereocenters. The monoisotopic (exact) mass is 259 g/mol. The lowest BCUT2D eigenvalue weighted by atomic mass is 10.3. The van der Waals surface area contributed by atoms with Gasteiger partial charge in [0.2, 0.25) is 0 Å². The number of aryl methyl sites for hydroxylation is 1. The minimum atomic E-state index is -3.64. The van der Waals surface area contributed by atoms with Crippen molar-refractivity contribution < 1.29 is 13.3 Å². The Hall–Kier alpha value is -0.920. The highest BCUT2D eigenvalue weighted by atomic mass is 32.2. The first-order valence-corrected chi connectivity index (χ1v) is 7.29. The molecule has 6 nitrogen and oxygen atoms in total. The van der Waals surface area contributed by atoms with Gasteiger partial charge < -0.3 is 4.57 Å². The first kappa shape index (κ1) is 12.5. The molecule has 0 amide bonds. The first-order valence-electron chi connectivity index (χ1n) is 5.81. The summed E-state index contributed by atoms with van der Waals surface area (Å²) in [7, 11) is -3.64. The fourth-order valence-corrected chi connectivity index (χ4v) is 2.64. The SMILES string of the molecule is CCn1cnc(S(=O)(=O)NOC2CCCC2)c1. The summed E-state index contributed by atoms with van der Waals surface area (Å²) >= 11 is 0. The molecule has 1 aromatic heterocycles. The molecule has 0 spiro atoms. The molecule has 0 saturated heterocycles. The second-order valence-corrected chi connectivity index (χ2v) is 5.75. The fourth-order valence-electron chi connectivity index (χ4n) is 1.83. The van der Waals surface area contributed by atoms with Crippen LogP contribution in [-0.2, 0) is 21.4 Å². The van der Waals surface area contributed by atoms with Crippen LogP contribution in [0.1, 0.15) is 32.6 Å². The Morgan fingerprint density at radius 2 is 2.24 bits per heavy atom. The summed E-state index contributed by atoms with van der Waals surface area (Å²) in [4.78, 5) is 11.2. The maximum absolute atomic E-state index is 11.8. The Morgan fingerprint density at radius 1 is 1.53 bits per heavy atom. The van der Waals surface area contributed by atoms with Gasteiger partial charge in [0, 0.05) is 12.7 Å². The quantitative estimate of drug-likeness (QED) is 0.802. The molecule has 0 aliphatic heterocycles. The third-order valence-corrected chi connectivity index (χ3v) is 3.95. The van der Waals surface area contributed by atoms with E-state index in [1.807, 2.05) is 6.92 Å². The van der Waals surface area contributed by atoms with Gasteiger partial charge in [-0.3, -0.25) is 4.84 Å². The normalized spacial score (nSPS) is 17.7. The number of rotatable bonds is 5. The van der Waals surface area contributed by atoms with Crippen molar-refractivity contribution in [2.24, 2.45) is 0 Å². The van der Waals surface area contributed by atoms with E-state index in [4.69, 9.17) is 4.84 Å². The third-order valence-electron chi connectivity index (χ3n) is 2.88. The van der Waals surface area contributed by atoms with Crippen molar-refractivity contribution >= 4 is 10.0 Å². The summed E-state index contributed by atoms with van der Waals surface area (Å²) in [6, 6.07) is 0. The standard InChI is InChI=1S/C10H17N3O3S/c1-2-13-7-10(11-8-13)17(14,15)12-16-9-5-3-4-6-9/h7-9,12H,2-6H2,1H3. The van der Waals surface area contributed by atoms with Crippen LogP contribution in [0.3, 0.4) is 0 Å². The van der Waals surface area contributed by atoms with Gasteiger partial charge in [-0.25, -0.2) is 13.4 Å². The molecule has 1 aromatic rings. The van der Waals surface area contributed by atoms with Gasteiger partial charge in [0.25, 0.3) is 10.0 Å². The molecule has 1 aliphatic carbocycles. The zero-order valence-electron chi connectivity index (χ0n) is 9.80. The number of hydrogen-bond acceptors (Lipinski definition) is 4. The van der Waals surface area contributed by atoms with Crippen LogP contribution in [0, 0.1) is 0 Å². The number of aromatic nitrogens is 2. The average Bonchev–Trinajstić information content (AvgIpc) is 2.98. The highest BCUT2D eigenvalue weighted by Crippen LogP contribution is 2.20. The van der Waals surface area contributed by atoms with Crippen LogP contribution in [0.4, 0.5) is 0 Å². The van der Waals surface area contributed by atoms with Crippen molar-refractivity contribution in [3.8, 4) is 0 Å². The van der Waals surface area contributed by atoms with E-state index in [9.17, 15) is 8.42 Å². The van der Waals surface area contributed by atoms with Crippen LogP contribution < -0.4 is 4.89 Å². The summed E-state index contributed by atoms with van der Waals surface area (Å²) in [5, 5.41) is -0.00246. The van der Waals surface area contributed by atoms with E-state index in [1.165, 1.54) is 12.5 Å². The molecule has 1 N–H and O–H groups in total. The van der Waals surface area contributed by atoms with Crippen LogP contribution in [-0.4, -0.2) is 24.1 Å². The van der Waals surface area contributed by atoms with Gasteiger partial charge in [-0.05, 0) is 19.8 Å². The lowest BCUT2D eigenvalue weighted by Gasteiger charge is -2.10. The van der Waals surface area contributed by atoms with Gasteiger partial charge >= 0.3 is 0 Å². The number of sulfonamides is 1. The van der Waals surface area contributed by atoms with E-state index >= 15 is 0 Å². The predicted molar refractivity (Wildman–Crippen MR) is 61.6 cm³/mol. The van der Waals surface area contributed by atoms with E-state index in [0.717, 1.165) is 25.7 Å². The van der Waals surface area contributed by atoms with Gasteiger partial charge in [0.1, 0.15) is 0 Å². The highest BCUT2D eigenvalue weighted by Gasteiger charge is 2.22. The van der Waals surface area contributed by atoms with E-state index in [-0.39, 0.29) is 11.1 Å². The van der Waals surface area contributed by atoms with Gasteiger partial charge in [-0.15, -0.1) is 0 Å². The molecule has 1 saturated carbocycles. The van der Waals surface area contributed by atoms with Crippen molar-refractivity contribution in [3.05, 3.63) is 12.5 Å². The minimum absolute atomic E-state index is 0.00182. The van der Waals surface area contributed by atoms with Crippen molar-refractivity contribution in [1.82, 2.24) is 14.4 Å². The molecule has 96 valence electrons. The molecule has 1 fully saturated rings. The molecule has 1 aliphatic rings. The first-order chi connectivity index (χ1) is 8.12. The van der Waals surface area contributed by atoms with Crippen molar-refractivity contribution in [2.45, 2.75) is 50.3 Å². The number of nitrogens with one attached hydrogen (secondary N) is 1. The van der Waals surface area contributed by atoms with Crippen LogP contribution in [0.25, 0.3) is 0 Å². The molecule has 17 heavy (non-hydrogen) atoms. The average molecular weight is 259 g/mol. The summed E-state index contributed by atoms with van der Waals surface area (Å²) in [6.45, 7) is 2.60. The maximum atomic E-state index is 11.8. The second-order valence-electron chi connectivity index (χ2n) is 4.15. The molecule has 0 radical (unpaired) electrons. The number of nitrogens with zero attached hydrogens (tertiary/aromatic N) is 2. The van der Waals surface area contributed by atoms with E-state index in [2.05, 4.69) is 9.87 Å². The molecule has 2 rings (SSSR count). The van der Waals surface area contributed by atoms with Crippen molar-refractivity contribution in [3.63, 3.8) is 0 Å². The molecule has 7 heteroatoms. The topological polar surface area (TPSA) is 73.2 Å². The molecule has 0 aromatic carbocycles. The summed E-state index contributed by atoms with van der Waals surface area (Å²) in [5.74, 6) is 0. The Bertz CT molecular complexity index is 463. The minimum Gasteiger partial charge on any atom is -0.336 e. The summed E-state index contributed by atoms with van der Waals surface area (Å²) in [5.41, 5.74) is 0. The number of hydrogen-bond donors (Lipinski definition) is 1. The van der Waals surface area contributed by atoms with Gasteiger partial charge in [0.15, 0.2) is 5.03 Å². The Kier molecular flexibility index (Phi) is 3.80. The Labute approximate surface area is 101 Å². The summed E-state index contributed by atoms with van der Waals surface area (Å²) in [6.07, 6.45) is 6.98. The van der Waals surface area contributed by atoms with Gasteiger partial charge in [0.05, 0.1) is 12.4 Å². The van der Waals surface area contributed by atoms with Crippen LogP contribution >= 0.6 is 0 Å². The molecule has 0 bridgehead atoms. The lowest BCUT2D eigenvalue weighted by molar-refractivity contribution is 0.0222. The smallest absolute Gasteiger partial charge is 0.281 e. The van der Waals surface area contributed by atoms with Gasteiger partial charge in [-0.2, -0.15) is 0 Å². The lowest BCUT2D eigenvalue weighted by Crippen LogP contribution is -2.28. The Balaban J connectivity index is 1.97. The maximum Gasteiger partial charge on any atom is 0.281 e. The molecule has 0 atom stereocenters. The van der Waals surface area contributed by atoms with Crippen molar-refractivity contribution in [1.29, 1.82) is 0 Å². The van der Waals surface area contributed by atoms with E-state index < -0.39 is 10.0 Å². The second kappa shape index (κ2) is 5.16. The summed E-state index contributed by atoms with van der Waals surface area (Å²) < 4.78 is 25.3. The van der Waals surface area contributed by atoms with Crippen LogP contribution in [0.2, 0.25) is 0 Å². The van der Waals surface area contributed by atoms with Crippen LogP contribution in [0.15, 0.2) is 17.6 Å². The Morgan fingerprint density at radius 3 is 2.82 bits per heavy atom. The molecular formula is C10H17N3O3S. The van der Waals surface area contributed by atoms with E-state index in [0.29, 0.717) is 6.54 Å². The number of imidazole rings is 1. The zero-order chi connectivity index (χ0) is 12.3. The largest absolute Gasteiger partial charge is 0.336 e. The zero-order valence-corrected chi connectivity index (χ0v) is 10.6. The van der Waals surface area contributed by atoms with Crippen LogP contribution in [0.5, 0.6) is 0 Å². The van der Waals surface area contributed by atoms with E-state index in [1.54, 1.807) is 4.57 Å². The molecular weight excluding hydrogens is 242 g/mol.